The largest absolute Gasteiger partial charge is 0.492 e. The predicted octanol–water partition coefficient (Wildman–Crippen LogP) is 3.61. The van der Waals surface area contributed by atoms with Gasteiger partial charge >= 0.3 is 0 Å². The van der Waals surface area contributed by atoms with E-state index in [1.54, 1.807) is 11.3 Å². The quantitative estimate of drug-likeness (QED) is 0.362. The summed E-state index contributed by atoms with van der Waals surface area (Å²) in [6.45, 7) is 12.6. The van der Waals surface area contributed by atoms with Gasteiger partial charge in [0.05, 0.1) is 17.2 Å². The lowest BCUT2D eigenvalue weighted by Gasteiger charge is -2.30. The molecule has 1 aromatic carbocycles. The molecule has 1 fully saturated rings. The van der Waals surface area contributed by atoms with Crippen LogP contribution in [-0.2, 0) is 6.54 Å². The molecule has 0 amide bonds. The standard InChI is InChI=1S/C23H35N5OS/c1-4-24-23(25-11-14-29-22-7-5-18(2)6-8-22)26-15-20-9-12-28(13-10-20)16-21-17-30-19(3)27-21/h5-8,17,20H,4,9-16H2,1-3H3,(H2,24,25,26). The van der Waals surface area contributed by atoms with Crippen molar-refractivity contribution >= 4 is 17.3 Å². The summed E-state index contributed by atoms with van der Waals surface area (Å²) in [7, 11) is 0. The molecule has 0 bridgehead atoms. The van der Waals surface area contributed by atoms with E-state index >= 15 is 0 Å². The van der Waals surface area contributed by atoms with Crippen LogP contribution in [0, 0.1) is 19.8 Å². The number of aryl methyl sites for hydroxylation is 2. The summed E-state index contributed by atoms with van der Waals surface area (Å²) in [6, 6.07) is 8.15. The summed E-state index contributed by atoms with van der Waals surface area (Å²) in [5.41, 5.74) is 2.45. The van der Waals surface area contributed by atoms with E-state index in [4.69, 9.17) is 9.73 Å². The molecule has 2 heterocycles. The molecule has 2 aromatic rings. The molecule has 0 atom stereocenters. The lowest BCUT2D eigenvalue weighted by Crippen LogP contribution is -2.40. The Kier molecular flexibility index (Phi) is 8.96. The van der Waals surface area contributed by atoms with Crippen LogP contribution in [0.25, 0.3) is 0 Å². The molecule has 1 aromatic heterocycles. The molecule has 1 aliphatic rings. The number of ether oxygens (including phenoxy) is 1. The summed E-state index contributed by atoms with van der Waals surface area (Å²) >= 11 is 1.74. The van der Waals surface area contributed by atoms with Crippen LogP contribution < -0.4 is 15.4 Å². The number of piperidine rings is 1. The van der Waals surface area contributed by atoms with E-state index in [1.165, 1.54) is 24.1 Å². The van der Waals surface area contributed by atoms with Gasteiger partial charge in [0.1, 0.15) is 12.4 Å². The number of guanidine groups is 1. The fourth-order valence-corrected chi connectivity index (χ4v) is 4.18. The zero-order chi connectivity index (χ0) is 21.2. The maximum atomic E-state index is 5.79. The van der Waals surface area contributed by atoms with E-state index in [0.717, 1.165) is 56.0 Å². The Hall–Kier alpha value is -2.12. The molecule has 1 saturated heterocycles. The molecule has 2 N–H and O–H groups in total. The number of nitrogens with one attached hydrogen (secondary N) is 2. The normalized spacial score (nSPS) is 15.9. The highest BCUT2D eigenvalue weighted by molar-refractivity contribution is 7.09. The van der Waals surface area contributed by atoms with Crippen LogP contribution in [0.2, 0.25) is 0 Å². The van der Waals surface area contributed by atoms with Crippen molar-refractivity contribution in [3.63, 3.8) is 0 Å². The van der Waals surface area contributed by atoms with Crippen molar-refractivity contribution in [3.8, 4) is 5.75 Å². The van der Waals surface area contributed by atoms with Crippen molar-refractivity contribution in [2.24, 2.45) is 10.9 Å². The van der Waals surface area contributed by atoms with Gasteiger partial charge in [0.25, 0.3) is 0 Å². The first kappa shape index (κ1) is 22.6. The fourth-order valence-electron chi connectivity index (χ4n) is 3.57. The molecule has 164 valence electrons. The van der Waals surface area contributed by atoms with Gasteiger partial charge in [-0.3, -0.25) is 9.89 Å². The number of hydrogen-bond acceptors (Lipinski definition) is 5. The number of aliphatic imine (C=N–C) groups is 1. The highest BCUT2D eigenvalue weighted by Crippen LogP contribution is 2.20. The second-order valence-corrected chi connectivity index (χ2v) is 8.95. The van der Waals surface area contributed by atoms with Crippen LogP contribution >= 0.6 is 11.3 Å². The van der Waals surface area contributed by atoms with Crippen molar-refractivity contribution in [3.05, 3.63) is 45.9 Å². The zero-order valence-electron chi connectivity index (χ0n) is 18.5. The van der Waals surface area contributed by atoms with Gasteiger partial charge in [0.15, 0.2) is 5.96 Å². The molecule has 6 nitrogen and oxygen atoms in total. The van der Waals surface area contributed by atoms with Crippen molar-refractivity contribution < 1.29 is 4.74 Å². The summed E-state index contributed by atoms with van der Waals surface area (Å²) < 4.78 is 5.79. The Morgan fingerprint density at radius 1 is 1.20 bits per heavy atom. The summed E-state index contributed by atoms with van der Waals surface area (Å²) in [6.07, 6.45) is 2.39. The SMILES string of the molecule is CCNC(=NCC1CCN(Cc2csc(C)n2)CC1)NCCOc1ccc(C)cc1. The monoisotopic (exact) mass is 429 g/mol. The molecule has 30 heavy (non-hydrogen) atoms. The van der Waals surface area contributed by atoms with Gasteiger partial charge in [-0.2, -0.15) is 0 Å². The number of benzene rings is 1. The lowest BCUT2D eigenvalue weighted by atomic mass is 9.97. The molecule has 0 saturated carbocycles. The third-order valence-corrected chi connectivity index (χ3v) is 6.12. The van der Waals surface area contributed by atoms with Crippen molar-refractivity contribution in [2.75, 3.05) is 39.3 Å². The van der Waals surface area contributed by atoms with Crippen LogP contribution in [0.3, 0.4) is 0 Å². The number of nitrogens with zero attached hydrogens (tertiary/aromatic N) is 3. The first-order chi connectivity index (χ1) is 14.6. The molecule has 0 spiro atoms. The topological polar surface area (TPSA) is 61.8 Å². The number of hydrogen-bond donors (Lipinski definition) is 2. The van der Waals surface area contributed by atoms with Crippen LogP contribution in [0.5, 0.6) is 5.75 Å². The third-order valence-electron chi connectivity index (χ3n) is 5.30. The second-order valence-electron chi connectivity index (χ2n) is 7.89. The van der Waals surface area contributed by atoms with Crippen LogP contribution in [0.1, 0.15) is 36.0 Å². The highest BCUT2D eigenvalue weighted by atomic mass is 32.1. The van der Waals surface area contributed by atoms with Crippen molar-refractivity contribution in [1.82, 2.24) is 20.5 Å². The van der Waals surface area contributed by atoms with Crippen molar-refractivity contribution in [1.29, 1.82) is 0 Å². The van der Waals surface area contributed by atoms with Crippen LogP contribution in [0.15, 0.2) is 34.6 Å². The molecule has 0 aliphatic carbocycles. The molecule has 3 rings (SSSR count). The summed E-state index contributed by atoms with van der Waals surface area (Å²) in [5.74, 6) is 2.44. The molecule has 7 heteroatoms. The predicted molar refractivity (Wildman–Crippen MR) is 126 cm³/mol. The molecular formula is C23H35N5OS. The number of thiazole rings is 1. The summed E-state index contributed by atoms with van der Waals surface area (Å²) in [4.78, 5) is 11.9. The minimum Gasteiger partial charge on any atom is -0.492 e. The highest BCUT2D eigenvalue weighted by Gasteiger charge is 2.19. The second kappa shape index (κ2) is 11.9. The molecule has 0 radical (unpaired) electrons. The lowest BCUT2D eigenvalue weighted by molar-refractivity contribution is 0.179. The van der Waals surface area contributed by atoms with E-state index in [-0.39, 0.29) is 0 Å². The maximum absolute atomic E-state index is 5.79. The van der Waals surface area contributed by atoms with Gasteiger partial charge < -0.3 is 15.4 Å². The number of rotatable bonds is 9. The molecule has 1 aliphatic heterocycles. The van der Waals surface area contributed by atoms with Crippen LogP contribution in [-0.4, -0.2) is 55.2 Å². The van der Waals surface area contributed by atoms with E-state index in [2.05, 4.69) is 58.8 Å². The van der Waals surface area contributed by atoms with Gasteiger partial charge in [0, 0.05) is 25.0 Å². The van der Waals surface area contributed by atoms with Gasteiger partial charge in [-0.25, -0.2) is 4.98 Å². The van der Waals surface area contributed by atoms with Gasteiger partial charge in [-0.1, -0.05) is 17.7 Å². The van der Waals surface area contributed by atoms with E-state index < -0.39 is 0 Å². The van der Waals surface area contributed by atoms with Gasteiger partial charge in [-0.15, -0.1) is 11.3 Å². The number of likely N-dealkylation sites (tertiary alicyclic amines) is 1. The fraction of sp³-hybridized carbons (Fsp3) is 0.565. The Morgan fingerprint density at radius 2 is 1.97 bits per heavy atom. The van der Waals surface area contributed by atoms with Gasteiger partial charge in [-0.05, 0) is 64.8 Å². The Labute approximate surface area is 184 Å². The molecule has 0 unspecified atom stereocenters. The first-order valence-corrected chi connectivity index (χ1v) is 11.9. The molecular weight excluding hydrogens is 394 g/mol. The first-order valence-electron chi connectivity index (χ1n) is 11.0. The minimum absolute atomic E-state index is 0.613. The minimum atomic E-state index is 0.613. The van der Waals surface area contributed by atoms with Gasteiger partial charge in [0.2, 0.25) is 0 Å². The maximum Gasteiger partial charge on any atom is 0.191 e. The average molecular weight is 430 g/mol. The Morgan fingerprint density at radius 3 is 2.63 bits per heavy atom. The Bertz CT molecular complexity index is 781. The number of aromatic nitrogens is 1. The Balaban J connectivity index is 1.36. The van der Waals surface area contributed by atoms with Crippen LogP contribution in [0.4, 0.5) is 0 Å². The van der Waals surface area contributed by atoms with E-state index in [0.29, 0.717) is 12.5 Å². The van der Waals surface area contributed by atoms with Crippen molar-refractivity contribution in [2.45, 2.75) is 40.2 Å². The summed E-state index contributed by atoms with van der Waals surface area (Å²) in [5, 5.41) is 10.1. The zero-order valence-corrected chi connectivity index (χ0v) is 19.3. The third kappa shape index (κ3) is 7.61. The van der Waals surface area contributed by atoms with E-state index in [9.17, 15) is 0 Å². The average Bonchev–Trinajstić information content (AvgIpc) is 3.16. The van der Waals surface area contributed by atoms with E-state index in [1.807, 2.05) is 12.1 Å². The smallest absolute Gasteiger partial charge is 0.191 e.